The number of hydrogen-bond donors (Lipinski definition) is 2. The molecule has 8 nitrogen and oxygen atoms in total. The number of benzodiazepines with no additional fused rings is 1. The zero-order valence-electron chi connectivity index (χ0n) is 22.1. The molecule has 1 atom stereocenters. The molecule has 1 heterocycles. The molecule has 0 fully saturated rings. The highest BCUT2D eigenvalue weighted by molar-refractivity contribution is 6.21. The maximum absolute atomic E-state index is 14.0. The van der Waals surface area contributed by atoms with Gasteiger partial charge >= 0.3 is 6.03 Å². The molecule has 4 aromatic rings. The van der Waals surface area contributed by atoms with Crippen LogP contribution < -0.4 is 20.3 Å². The molecule has 3 amide bonds. The summed E-state index contributed by atoms with van der Waals surface area (Å²) in [6.45, 7) is 1.64. The van der Waals surface area contributed by atoms with E-state index >= 15 is 0 Å². The number of carbonyl (C=O) groups excluding carboxylic acids is 3. The summed E-state index contributed by atoms with van der Waals surface area (Å²) >= 11 is 0. The molecule has 0 unspecified atom stereocenters. The Balaban J connectivity index is 1.54. The number of rotatable bonds is 7. The SMILES string of the molecule is COc1ccccc1NC(=O)N[C@H]1N=C(c2ccccc2)c2ccccc2N(CC(=O)c2ccccc2C)C1=O. The van der Waals surface area contributed by atoms with Crippen molar-refractivity contribution in [1.29, 1.82) is 0 Å². The molecular weight excluding hydrogens is 504 g/mol. The van der Waals surface area contributed by atoms with Gasteiger partial charge in [-0.05, 0) is 30.7 Å². The molecule has 1 aliphatic rings. The fraction of sp³-hybridized carbons (Fsp3) is 0.125. The Morgan fingerprint density at radius 2 is 1.55 bits per heavy atom. The normalized spacial score (nSPS) is 14.4. The molecule has 8 heteroatoms. The number of Topliss-reactive ketones (excluding diaryl/α,β-unsaturated/α-hetero) is 1. The number of hydrogen-bond acceptors (Lipinski definition) is 5. The number of urea groups is 1. The zero-order chi connectivity index (χ0) is 28.1. The Morgan fingerprint density at radius 3 is 2.33 bits per heavy atom. The number of carbonyl (C=O) groups is 3. The number of amides is 3. The van der Waals surface area contributed by atoms with Gasteiger partial charge in [0.25, 0.3) is 5.91 Å². The largest absolute Gasteiger partial charge is 0.495 e. The first-order valence-electron chi connectivity index (χ1n) is 12.8. The first kappa shape index (κ1) is 26.4. The predicted octanol–water partition coefficient (Wildman–Crippen LogP) is 5.22. The summed E-state index contributed by atoms with van der Waals surface area (Å²) in [5, 5.41) is 5.43. The van der Waals surface area contributed by atoms with Crippen molar-refractivity contribution in [3.63, 3.8) is 0 Å². The van der Waals surface area contributed by atoms with E-state index in [0.717, 1.165) is 11.1 Å². The third kappa shape index (κ3) is 5.47. The lowest BCUT2D eigenvalue weighted by molar-refractivity contribution is -0.120. The van der Waals surface area contributed by atoms with Gasteiger partial charge < -0.3 is 20.3 Å². The second kappa shape index (κ2) is 11.7. The van der Waals surface area contributed by atoms with Crippen LogP contribution in [0.2, 0.25) is 0 Å². The summed E-state index contributed by atoms with van der Waals surface area (Å²) in [7, 11) is 1.50. The lowest BCUT2D eigenvalue weighted by atomic mass is 9.99. The van der Waals surface area contributed by atoms with Crippen molar-refractivity contribution in [2.75, 3.05) is 23.9 Å². The third-order valence-corrected chi connectivity index (χ3v) is 6.63. The van der Waals surface area contributed by atoms with Gasteiger partial charge in [-0.2, -0.15) is 0 Å². The number of aryl methyl sites for hydroxylation is 1. The smallest absolute Gasteiger partial charge is 0.321 e. The molecule has 1 aliphatic heterocycles. The number of fused-ring (bicyclic) bond motifs is 1. The van der Waals surface area contributed by atoms with Crippen molar-refractivity contribution in [2.45, 2.75) is 13.1 Å². The second-order valence-electron chi connectivity index (χ2n) is 9.22. The van der Waals surface area contributed by atoms with Crippen molar-refractivity contribution in [3.8, 4) is 5.75 Å². The first-order valence-corrected chi connectivity index (χ1v) is 12.8. The van der Waals surface area contributed by atoms with Crippen molar-refractivity contribution in [3.05, 3.63) is 125 Å². The average Bonchev–Trinajstić information content (AvgIpc) is 3.09. The molecule has 0 aromatic heterocycles. The molecule has 5 rings (SSSR count). The molecule has 4 aromatic carbocycles. The standard InChI is InChI=1S/C32H28N4O4/c1-21-12-6-7-15-23(21)27(37)20-36-26-18-10-8-16-24(26)29(22-13-4-3-5-14-22)34-30(31(36)38)35-32(39)33-25-17-9-11-19-28(25)40-2/h3-19,30H,20H2,1-2H3,(H2,33,35,39)/t30-/m1/s1. The molecule has 0 radical (unpaired) electrons. The Kier molecular flexibility index (Phi) is 7.68. The average molecular weight is 533 g/mol. The molecule has 40 heavy (non-hydrogen) atoms. The topological polar surface area (TPSA) is 100 Å². The van der Waals surface area contributed by atoms with Gasteiger partial charge in [-0.3, -0.25) is 9.59 Å². The van der Waals surface area contributed by atoms with Gasteiger partial charge in [0.2, 0.25) is 6.17 Å². The van der Waals surface area contributed by atoms with Crippen LogP contribution in [0.15, 0.2) is 108 Å². The minimum atomic E-state index is -1.30. The molecule has 0 bridgehead atoms. The van der Waals surface area contributed by atoms with E-state index < -0.39 is 18.1 Å². The van der Waals surface area contributed by atoms with Gasteiger partial charge in [0, 0.05) is 16.7 Å². The van der Waals surface area contributed by atoms with E-state index in [-0.39, 0.29) is 12.3 Å². The Morgan fingerprint density at radius 1 is 0.875 bits per heavy atom. The van der Waals surface area contributed by atoms with E-state index in [9.17, 15) is 14.4 Å². The minimum absolute atomic E-state index is 0.218. The molecule has 0 aliphatic carbocycles. The minimum Gasteiger partial charge on any atom is -0.495 e. The van der Waals surface area contributed by atoms with Crippen LogP contribution in [0.25, 0.3) is 0 Å². The van der Waals surface area contributed by atoms with Crippen LogP contribution in [0, 0.1) is 6.92 Å². The quantitative estimate of drug-likeness (QED) is 0.319. The number of ether oxygens (including phenoxy) is 1. The van der Waals surface area contributed by atoms with E-state index in [1.54, 1.807) is 42.5 Å². The number of ketones is 1. The van der Waals surface area contributed by atoms with E-state index in [1.807, 2.05) is 67.6 Å². The Bertz CT molecular complexity index is 1600. The second-order valence-corrected chi connectivity index (χ2v) is 9.22. The Hall–Kier alpha value is -5.24. The molecule has 0 saturated heterocycles. The molecular formula is C32H28N4O4. The molecule has 0 spiro atoms. The van der Waals surface area contributed by atoms with E-state index in [0.29, 0.717) is 34.0 Å². The van der Waals surface area contributed by atoms with Crippen molar-refractivity contribution < 1.29 is 19.1 Å². The van der Waals surface area contributed by atoms with Crippen LogP contribution in [-0.4, -0.2) is 43.3 Å². The summed E-state index contributed by atoms with van der Waals surface area (Å²) in [4.78, 5) is 46.8. The van der Waals surface area contributed by atoms with Crippen LogP contribution >= 0.6 is 0 Å². The summed E-state index contributed by atoms with van der Waals surface area (Å²) < 4.78 is 5.32. The molecule has 0 saturated carbocycles. The van der Waals surface area contributed by atoms with Crippen LogP contribution in [0.4, 0.5) is 16.2 Å². The maximum Gasteiger partial charge on any atom is 0.321 e. The zero-order valence-corrected chi connectivity index (χ0v) is 22.1. The van der Waals surface area contributed by atoms with Gasteiger partial charge in [0.1, 0.15) is 5.75 Å². The van der Waals surface area contributed by atoms with Crippen LogP contribution in [0.1, 0.15) is 27.0 Å². The summed E-state index contributed by atoms with van der Waals surface area (Å²) in [5.41, 5.74) is 4.28. The van der Waals surface area contributed by atoms with Crippen LogP contribution in [0.3, 0.4) is 0 Å². The predicted molar refractivity (Wildman–Crippen MR) is 155 cm³/mol. The molecule has 200 valence electrons. The number of benzene rings is 4. The van der Waals surface area contributed by atoms with Crippen molar-refractivity contribution in [1.82, 2.24) is 5.32 Å². The van der Waals surface area contributed by atoms with E-state index in [1.165, 1.54) is 12.0 Å². The number of nitrogens with one attached hydrogen (secondary N) is 2. The van der Waals surface area contributed by atoms with Crippen LogP contribution in [-0.2, 0) is 4.79 Å². The highest BCUT2D eigenvalue weighted by Crippen LogP contribution is 2.29. The highest BCUT2D eigenvalue weighted by atomic mass is 16.5. The third-order valence-electron chi connectivity index (χ3n) is 6.63. The van der Waals surface area contributed by atoms with Gasteiger partial charge in [-0.1, -0.05) is 84.9 Å². The number of para-hydroxylation sites is 3. The number of methoxy groups -OCH3 is 1. The van der Waals surface area contributed by atoms with Crippen molar-refractivity contribution in [2.24, 2.45) is 4.99 Å². The molecule has 2 N–H and O–H groups in total. The van der Waals surface area contributed by atoms with Gasteiger partial charge in [0.05, 0.1) is 30.7 Å². The monoisotopic (exact) mass is 532 g/mol. The summed E-state index contributed by atoms with van der Waals surface area (Å²) in [6, 6.07) is 30.3. The fourth-order valence-electron chi connectivity index (χ4n) is 4.66. The summed E-state index contributed by atoms with van der Waals surface area (Å²) in [6.07, 6.45) is -1.30. The van der Waals surface area contributed by atoms with Gasteiger partial charge in [0.15, 0.2) is 5.78 Å². The van der Waals surface area contributed by atoms with E-state index in [4.69, 9.17) is 9.73 Å². The Labute approximate surface area is 232 Å². The number of nitrogens with zero attached hydrogens (tertiary/aromatic N) is 2. The summed E-state index contributed by atoms with van der Waals surface area (Å²) in [5.74, 6) is -0.284. The maximum atomic E-state index is 14.0. The lowest BCUT2D eigenvalue weighted by Crippen LogP contribution is -2.50. The lowest BCUT2D eigenvalue weighted by Gasteiger charge is -2.25. The first-order chi connectivity index (χ1) is 19.5. The number of aliphatic imine (C=N–C) groups is 1. The van der Waals surface area contributed by atoms with Crippen molar-refractivity contribution >= 4 is 34.8 Å². The van der Waals surface area contributed by atoms with Gasteiger partial charge in [-0.25, -0.2) is 9.79 Å². The number of anilines is 2. The fourth-order valence-corrected chi connectivity index (χ4v) is 4.66. The van der Waals surface area contributed by atoms with Gasteiger partial charge in [-0.15, -0.1) is 0 Å². The van der Waals surface area contributed by atoms with Crippen LogP contribution in [0.5, 0.6) is 5.75 Å². The highest BCUT2D eigenvalue weighted by Gasteiger charge is 2.34. The van der Waals surface area contributed by atoms with E-state index in [2.05, 4.69) is 10.6 Å².